The van der Waals surface area contributed by atoms with Gasteiger partial charge in [0.05, 0.1) is 23.3 Å². The van der Waals surface area contributed by atoms with E-state index in [2.05, 4.69) is 5.32 Å². The molecule has 0 radical (unpaired) electrons. The van der Waals surface area contributed by atoms with Crippen LogP contribution >= 0.6 is 35.7 Å². The lowest BCUT2D eigenvalue weighted by molar-refractivity contribution is -0.124. The minimum atomic E-state index is -0.508. The quantitative estimate of drug-likeness (QED) is 0.587. The number of amides is 2. The molecule has 0 spiro atoms. The Balaban J connectivity index is 1.54. The lowest BCUT2D eigenvalue weighted by Gasteiger charge is -2.17. The minimum absolute atomic E-state index is 0.147. The number of furan rings is 1. The van der Waals surface area contributed by atoms with Crippen molar-refractivity contribution >= 4 is 58.0 Å². The van der Waals surface area contributed by atoms with Crippen LogP contribution in [0.3, 0.4) is 0 Å². The van der Waals surface area contributed by atoms with Gasteiger partial charge in [-0.3, -0.25) is 14.5 Å². The van der Waals surface area contributed by atoms with Crippen LogP contribution in [0, 0.1) is 0 Å². The van der Waals surface area contributed by atoms with Gasteiger partial charge in [-0.2, -0.15) is 11.8 Å². The van der Waals surface area contributed by atoms with Gasteiger partial charge in [0.25, 0.3) is 5.91 Å². The van der Waals surface area contributed by atoms with Gasteiger partial charge in [-0.05, 0) is 12.1 Å². The van der Waals surface area contributed by atoms with Crippen molar-refractivity contribution in [3.05, 3.63) is 29.1 Å². The van der Waals surface area contributed by atoms with Crippen molar-refractivity contribution in [2.75, 3.05) is 18.1 Å². The molecule has 0 bridgehead atoms. The van der Waals surface area contributed by atoms with Gasteiger partial charge in [0.1, 0.15) is 10.1 Å². The first kappa shape index (κ1) is 17.5. The van der Waals surface area contributed by atoms with E-state index in [1.165, 1.54) is 22.9 Å². The fraction of sp³-hybridized carbons (Fsp3) is 0.400. The Morgan fingerprint density at radius 1 is 1.54 bits per heavy atom. The van der Waals surface area contributed by atoms with E-state index in [0.29, 0.717) is 26.5 Å². The molecular formula is C15H16N2O4S3. The van der Waals surface area contributed by atoms with Crippen LogP contribution in [0.5, 0.6) is 0 Å². The first-order chi connectivity index (χ1) is 11.5. The van der Waals surface area contributed by atoms with E-state index in [4.69, 9.17) is 16.6 Å². The molecular weight excluding hydrogens is 368 g/mol. The number of thioether (sulfide) groups is 2. The number of carbonyl (C=O) groups is 2. The summed E-state index contributed by atoms with van der Waals surface area (Å²) in [5.74, 6) is 1.52. The van der Waals surface area contributed by atoms with Crippen molar-refractivity contribution in [2.45, 2.75) is 18.6 Å². The highest BCUT2D eigenvalue weighted by Crippen LogP contribution is 2.32. The molecule has 2 saturated heterocycles. The summed E-state index contributed by atoms with van der Waals surface area (Å²) >= 11 is 8.03. The third kappa shape index (κ3) is 4.02. The van der Waals surface area contributed by atoms with Crippen LogP contribution < -0.4 is 5.32 Å². The molecule has 0 saturated carbocycles. The second-order valence-corrected chi connectivity index (χ2v) is 8.13. The van der Waals surface area contributed by atoms with Crippen LogP contribution in [-0.2, 0) is 9.59 Å². The maximum absolute atomic E-state index is 12.4. The van der Waals surface area contributed by atoms with Gasteiger partial charge in [0, 0.05) is 30.5 Å². The van der Waals surface area contributed by atoms with E-state index in [-0.39, 0.29) is 30.8 Å². The Labute approximate surface area is 153 Å². The lowest BCUT2D eigenvalue weighted by atomic mass is 10.2. The topological polar surface area (TPSA) is 82.8 Å². The zero-order valence-electron chi connectivity index (χ0n) is 12.6. The van der Waals surface area contributed by atoms with Crippen LogP contribution in [0.25, 0.3) is 6.08 Å². The fourth-order valence-corrected chi connectivity index (χ4v) is 4.83. The normalized spacial score (nSPS) is 25.7. The second kappa shape index (κ2) is 7.73. The number of aliphatic hydroxyl groups excluding tert-OH is 1. The van der Waals surface area contributed by atoms with Gasteiger partial charge in [0.15, 0.2) is 0 Å². The molecule has 24 heavy (non-hydrogen) atoms. The van der Waals surface area contributed by atoms with E-state index in [0.717, 1.165) is 0 Å². The molecule has 2 aliphatic heterocycles. The Morgan fingerprint density at radius 3 is 3.04 bits per heavy atom. The van der Waals surface area contributed by atoms with Gasteiger partial charge in [-0.15, -0.1) is 0 Å². The molecule has 2 fully saturated rings. The number of hydrogen-bond donors (Lipinski definition) is 2. The molecule has 3 rings (SSSR count). The summed E-state index contributed by atoms with van der Waals surface area (Å²) in [6, 6.07) is 3.28. The standard InChI is InChI=1S/C15H16N2O4S3/c18-11-8-23-7-10(11)16-13(19)3-4-17-14(20)12(24-15(17)22)6-9-2-1-5-21-9/h1-2,5-6,10-11,18H,3-4,7-8H2,(H,16,19). The first-order valence-electron chi connectivity index (χ1n) is 7.38. The van der Waals surface area contributed by atoms with E-state index < -0.39 is 6.10 Å². The molecule has 2 atom stereocenters. The largest absolute Gasteiger partial charge is 0.465 e. The number of nitrogens with one attached hydrogen (secondary N) is 1. The van der Waals surface area contributed by atoms with Crippen molar-refractivity contribution in [3.8, 4) is 0 Å². The highest BCUT2D eigenvalue weighted by molar-refractivity contribution is 8.26. The smallest absolute Gasteiger partial charge is 0.266 e. The van der Waals surface area contributed by atoms with Crippen molar-refractivity contribution in [1.82, 2.24) is 10.2 Å². The third-order valence-electron chi connectivity index (χ3n) is 3.65. The molecule has 0 aromatic carbocycles. The van der Waals surface area contributed by atoms with E-state index in [1.54, 1.807) is 30.0 Å². The third-order valence-corrected chi connectivity index (χ3v) is 6.20. The molecule has 9 heteroatoms. The van der Waals surface area contributed by atoms with E-state index in [1.807, 2.05) is 0 Å². The van der Waals surface area contributed by atoms with E-state index in [9.17, 15) is 14.7 Å². The molecule has 1 aromatic heterocycles. The van der Waals surface area contributed by atoms with Crippen LogP contribution in [0.2, 0.25) is 0 Å². The van der Waals surface area contributed by atoms with E-state index >= 15 is 0 Å². The molecule has 6 nitrogen and oxygen atoms in total. The zero-order chi connectivity index (χ0) is 17.1. The monoisotopic (exact) mass is 384 g/mol. The summed E-state index contributed by atoms with van der Waals surface area (Å²) in [7, 11) is 0. The highest BCUT2D eigenvalue weighted by Gasteiger charge is 2.33. The maximum atomic E-state index is 12.4. The van der Waals surface area contributed by atoms with Crippen molar-refractivity contribution in [3.63, 3.8) is 0 Å². The van der Waals surface area contributed by atoms with Gasteiger partial charge < -0.3 is 14.8 Å². The number of carbonyl (C=O) groups excluding carboxylic acids is 2. The van der Waals surface area contributed by atoms with Gasteiger partial charge in [-0.25, -0.2) is 0 Å². The Bertz CT molecular complexity index is 674. The number of rotatable bonds is 5. The average Bonchev–Trinajstić information content (AvgIpc) is 3.24. The predicted octanol–water partition coefficient (Wildman–Crippen LogP) is 1.46. The predicted molar refractivity (Wildman–Crippen MR) is 98.5 cm³/mol. The van der Waals surface area contributed by atoms with Crippen molar-refractivity contribution < 1.29 is 19.1 Å². The van der Waals surface area contributed by atoms with Gasteiger partial charge in [-0.1, -0.05) is 24.0 Å². The molecule has 3 heterocycles. The summed E-state index contributed by atoms with van der Waals surface area (Å²) in [5, 5.41) is 12.5. The lowest BCUT2D eigenvalue weighted by Crippen LogP contribution is -2.43. The Kier molecular flexibility index (Phi) is 5.65. The Morgan fingerprint density at radius 2 is 2.38 bits per heavy atom. The molecule has 2 N–H and O–H groups in total. The second-order valence-electron chi connectivity index (χ2n) is 5.38. The summed E-state index contributed by atoms with van der Waals surface area (Å²) in [4.78, 5) is 26.3. The molecule has 1 aromatic rings. The number of thiocarbonyl (C=S) groups is 1. The number of nitrogens with zero attached hydrogens (tertiary/aromatic N) is 1. The molecule has 0 aliphatic carbocycles. The van der Waals surface area contributed by atoms with Crippen LogP contribution in [0.1, 0.15) is 12.2 Å². The zero-order valence-corrected chi connectivity index (χ0v) is 15.1. The first-order valence-corrected chi connectivity index (χ1v) is 9.76. The van der Waals surface area contributed by atoms with Crippen LogP contribution in [-0.4, -0.2) is 56.3 Å². The molecule has 2 unspecified atom stereocenters. The highest BCUT2D eigenvalue weighted by atomic mass is 32.2. The fourth-order valence-electron chi connectivity index (χ4n) is 2.37. The molecule has 2 aliphatic rings. The number of aliphatic hydroxyl groups is 1. The Hall–Kier alpha value is -1.29. The summed E-state index contributed by atoms with van der Waals surface area (Å²) in [5.41, 5.74) is 0. The van der Waals surface area contributed by atoms with Crippen LogP contribution in [0.15, 0.2) is 27.7 Å². The van der Waals surface area contributed by atoms with Gasteiger partial charge in [0.2, 0.25) is 5.91 Å². The summed E-state index contributed by atoms with van der Waals surface area (Å²) in [6.07, 6.45) is 2.82. The molecule has 2 amide bonds. The van der Waals surface area contributed by atoms with Crippen LogP contribution in [0.4, 0.5) is 0 Å². The minimum Gasteiger partial charge on any atom is -0.465 e. The van der Waals surface area contributed by atoms with Crippen molar-refractivity contribution in [1.29, 1.82) is 0 Å². The van der Waals surface area contributed by atoms with Gasteiger partial charge >= 0.3 is 0 Å². The van der Waals surface area contributed by atoms with Crippen molar-refractivity contribution in [2.24, 2.45) is 0 Å². The number of hydrogen-bond acceptors (Lipinski definition) is 7. The SMILES string of the molecule is O=C(CCN1C(=O)C(=Cc2ccco2)SC1=S)NC1CSCC1O. The molecule has 128 valence electrons. The maximum Gasteiger partial charge on any atom is 0.266 e. The summed E-state index contributed by atoms with van der Waals surface area (Å²) in [6.45, 7) is 0.224. The summed E-state index contributed by atoms with van der Waals surface area (Å²) < 4.78 is 5.64. The average molecular weight is 385 g/mol.